The molecule has 19 heavy (non-hydrogen) atoms. The number of hydrogen-bond acceptors (Lipinski definition) is 6. The lowest BCUT2D eigenvalue weighted by Crippen LogP contribution is -2.11. The smallest absolute Gasteiger partial charge is 0.240 e. The summed E-state index contributed by atoms with van der Waals surface area (Å²) in [5.41, 5.74) is 3.38. The molecule has 100 valence electrons. The van der Waals surface area contributed by atoms with Crippen LogP contribution >= 0.6 is 15.9 Å². The topological polar surface area (TPSA) is 82.3 Å². The molecule has 0 aliphatic heterocycles. The molecule has 0 unspecified atom stereocenters. The molecule has 6 nitrogen and oxygen atoms in total. The molecule has 0 bridgehead atoms. The van der Waals surface area contributed by atoms with Crippen molar-refractivity contribution >= 4 is 21.9 Å². The van der Waals surface area contributed by atoms with Crippen molar-refractivity contribution in [2.75, 3.05) is 12.5 Å². The Bertz CT molecular complexity index is 548. The first-order chi connectivity index (χ1) is 9.22. The second kappa shape index (κ2) is 6.35. The van der Waals surface area contributed by atoms with Gasteiger partial charge in [-0.3, -0.25) is 5.43 Å². The van der Waals surface area contributed by atoms with Gasteiger partial charge in [0.25, 0.3) is 0 Å². The predicted octanol–water partition coefficient (Wildman–Crippen LogP) is 2.11. The summed E-state index contributed by atoms with van der Waals surface area (Å²) in [5.74, 6) is 6.78. The van der Waals surface area contributed by atoms with Gasteiger partial charge in [0.1, 0.15) is 12.4 Å². The summed E-state index contributed by atoms with van der Waals surface area (Å²) in [4.78, 5) is 8.04. The normalized spacial score (nSPS) is 10.1. The summed E-state index contributed by atoms with van der Waals surface area (Å²) in [7, 11) is 1.63. The van der Waals surface area contributed by atoms with E-state index in [1.54, 1.807) is 13.3 Å². The van der Waals surface area contributed by atoms with E-state index in [4.69, 9.17) is 15.3 Å². The fourth-order valence-electron chi connectivity index (χ4n) is 1.40. The van der Waals surface area contributed by atoms with Gasteiger partial charge >= 0.3 is 0 Å². The molecule has 7 heteroatoms. The van der Waals surface area contributed by atoms with Gasteiger partial charge in [-0.05, 0) is 33.6 Å². The highest BCUT2D eigenvalue weighted by Crippen LogP contribution is 2.23. The van der Waals surface area contributed by atoms with Crippen LogP contribution < -0.4 is 20.7 Å². The molecule has 1 heterocycles. The molecule has 0 spiro atoms. The SMILES string of the molecule is COc1ccc(COc2nc(NN)ncc2Br)cc1. The first-order valence-corrected chi connectivity index (χ1v) is 6.27. The van der Waals surface area contributed by atoms with Crippen molar-refractivity contribution in [3.8, 4) is 11.6 Å². The van der Waals surface area contributed by atoms with Crippen molar-refractivity contribution in [3.05, 3.63) is 40.5 Å². The number of rotatable bonds is 5. The average molecular weight is 325 g/mol. The van der Waals surface area contributed by atoms with Crippen LogP contribution in [0.2, 0.25) is 0 Å². The highest BCUT2D eigenvalue weighted by atomic mass is 79.9. The van der Waals surface area contributed by atoms with Gasteiger partial charge in [0.05, 0.1) is 17.8 Å². The molecular weight excluding hydrogens is 312 g/mol. The van der Waals surface area contributed by atoms with Gasteiger partial charge in [0.15, 0.2) is 0 Å². The first kappa shape index (κ1) is 13.6. The molecule has 1 aromatic carbocycles. The Kier molecular flexibility index (Phi) is 4.53. The maximum Gasteiger partial charge on any atom is 0.240 e. The molecule has 0 fully saturated rings. The number of aromatic nitrogens is 2. The van der Waals surface area contributed by atoms with Crippen molar-refractivity contribution in [3.63, 3.8) is 0 Å². The van der Waals surface area contributed by atoms with Crippen molar-refractivity contribution in [1.82, 2.24) is 9.97 Å². The van der Waals surface area contributed by atoms with Crippen LogP contribution in [-0.4, -0.2) is 17.1 Å². The predicted molar refractivity (Wildman–Crippen MR) is 74.9 cm³/mol. The molecule has 1 aromatic heterocycles. The molecule has 0 saturated carbocycles. The first-order valence-electron chi connectivity index (χ1n) is 5.48. The van der Waals surface area contributed by atoms with Gasteiger partial charge in [0, 0.05) is 0 Å². The van der Waals surface area contributed by atoms with Gasteiger partial charge in [0.2, 0.25) is 11.8 Å². The summed E-state index contributed by atoms with van der Waals surface area (Å²) >= 11 is 3.32. The number of nitrogens with zero attached hydrogens (tertiary/aromatic N) is 2. The number of benzene rings is 1. The fourth-order valence-corrected chi connectivity index (χ4v) is 1.70. The number of nitrogens with one attached hydrogen (secondary N) is 1. The van der Waals surface area contributed by atoms with E-state index in [1.807, 2.05) is 24.3 Å². The van der Waals surface area contributed by atoms with Crippen LogP contribution in [0.15, 0.2) is 34.9 Å². The number of hydrogen-bond donors (Lipinski definition) is 2. The second-order valence-corrected chi connectivity index (χ2v) is 4.48. The third-order valence-corrected chi connectivity index (χ3v) is 2.92. The van der Waals surface area contributed by atoms with Crippen LogP contribution in [0.3, 0.4) is 0 Å². The Morgan fingerprint density at radius 2 is 2.05 bits per heavy atom. The minimum Gasteiger partial charge on any atom is -0.497 e. The third-order valence-electron chi connectivity index (χ3n) is 2.38. The van der Waals surface area contributed by atoms with E-state index in [9.17, 15) is 0 Å². The van der Waals surface area contributed by atoms with Crippen LogP contribution in [0.1, 0.15) is 5.56 Å². The van der Waals surface area contributed by atoms with E-state index in [-0.39, 0.29) is 0 Å². The molecular formula is C12H13BrN4O2. The number of anilines is 1. The number of ether oxygens (including phenoxy) is 2. The molecule has 0 radical (unpaired) electrons. The Hall–Kier alpha value is -1.86. The minimum atomic E-state index is 0.299. The molecule has 0 saturated heterocycles. The molecule has 0 aliphatic carbocycles. The summed E-state index contributed by atoms with van der Waals surface area (Å²) in [6, 6.07) is 7.60. The van der Waals surface area contributed by atoms with Gasteiger partial charge in [-0.1, -0.05) is 12.1 Å². The van der Waals surface area contributed by atoms with Crippen LogP contribution in [0.5, 0.6) is 11.6 Å². The van der Waals surface area contributed by atoms with Gasteiger partial charge in [-0.25, -0.2) is 10.8 Å². The van der Waals surface area contributed by atoms with Crippen LogP contribution in [0.4, 0.5) is 5.95 Å². The lowest BCUT2D eigenvalue weighted by molar-refractivity contribution is 0.291. The zero-order valence-electron chi connectivity index (χ0n) is 10.3. The van der Waals surface area contributed by atoms with E-state index in [1.165, 1.54) is 0 Å². The minimum absolute atomic E-state index is 0.299. The number of methoxy groups -OCH3 is 1. The van der Waals surface area contributed by atoms with E-state index < -0.39 is 0 Å². The lowest BCUT2D eigenvalue weighted by Gasteiger charge is -2.08. The zero-order valence-corrected chi connectivity index (χ0v) is 11.8. The van der Waals surface area contributed by atoms with Crippen LogP contribution in [0, 0.1) is 0 Å². The summed E-state index contributed by atoms with van der Waals surface area (Å²) in [6.07, 6.45) is 1.57. The number of hydrazine groups is 1. The monoisotopic (exact) mass is 324 g/mol. The standard InChI is InChI=1S/C12H13BrN4O2/c1-18-9-4-2-8(3-5-9)7-19-11-10(13)6-15-12(16-11)17-14/h2-6H,7,14H2,1H3,(H,15,16,17). The van der Waals surface area contributed by atoms with Gasteiger partial charge < -0.3 is 9.47 Å². The number of nitrogens with two attached hydrogens (primary N) is 1. The Labute approximate surface area is 119 Å². The zero-order chi connectivity index (χ0) is 13.7. The molecule has 3 N–H and O–H groups in total. The molecule has 0 aliphatic rings. The maximum atomic E-state index is 5.60. The lowest BCUT2D eigenvalue weighted by atomic mass is 10.2. The van der Waals surface area contributed by atoms with E-state index in [0.717, 1.165) is 11.3 Å². The van der Waals surface area contributed by atoms with Gasteiger partial charge in [-0.2, -0.15) is 4.98 Å². The summed E-state index contributed by atoms with van der Waals surface area (Å²) in [5, 5.41) is 0. The highest BCUT2D eigenvalue weighted by Gasteiger charge is 2.06. The quantitative estimate of drug-likeness (QED) is 0.647. The van der Waals surface area contributed by atoms with Gasteiger partial charge in [-0.15, -0.1) is 0 Å². The summed E-state index contributed by atoms with van der Waals surface area (Å²) in [6.45, 7) is 0.392. The van der Waals surface area contributed by atoms with Crippen molar-refractivity contribution in [1.29, 1.82) is 0 Å². The van der Waals surface area contributed by atoms with Crippen LogP contribution in [-0.2, 0) is 6.61 Å². The van der Waals surface area contributed by atoms with E-state index in [0.29, 0.717) is 22.9 Å². The number of nitrogen functional groups attached to an aromatic ring is 1. The van der Waals surface area contributed by atoms with E-state index in [2.05, 4.69) is 31.3 Å². The molecule has 2 rings (SSSR count). The Morgan fingerprint density at radius 3 is 2.68 bits per heavy atom. The molecule has 0 atom stereocenters. The van der Waals surface area contributed by atoms with Crippen LogP contribution in [0.25, 0.3) is 0 Å². The fraction of sp³-hybridized carbons (Fsp3) is 0.167. The Morgan fingerprint density at radius 1 is 1.32 bits per heavy atom. The van der Waals surface area contributed by atoms with E-state index >= 15 is 0 Å². The van der Waals surface area contributed by atoms with Crippen molar-refractivity contribution in [2.24, 2.45) is 5.84 Å². The maximum absolute atomic E-state index is 5.60. The van der Waals surface area contributed by atoms with Crippen molar-refractivity contribution < 1.29 is 9.47 Å². The third kappa shape index (κ3) is 3.55. The Balaban J connectivity index is 2.05. The number of halogens is 1. The average Bonchev–Trinajstić information content (AvgIpc) is 2.47. The highest BCUT2D eigenvalue weighted by molar-refractivity contribution is 9.10. The second-order valence-electron chi connectivity index (χ2n) is 3.63. The summed E-state index contributed by atoms with van der Waals surface area (Å²) < 4.78 is 11.4. The molecule has 2 aromatic rings. The van der Waals surface area contributed by atoms with Crippen molar-refractivity contribution in [2.45, 2.75) is 6.61 Å². The largest absolute Gasteiger partial charge is 0.497 e. The molecule has 0 amide bonds.